The molecule has 8 heteroatoms. The molecule has 0 spiro atoms. The van der Waals surface area contributed by atoms with Crippen molar-refractivity contribution in [2.45, 2.75) is 38.3 Å². The van der Waals surface area contributed by atoms with Gasteiger partial charge in [0.1, 0.15) is 11.0 Å². The van der Waals surface area contributed by atoms with Gasteiger partial charge in [0, 0.05) is 42.4 Å². The zero-order valence-corrected chi connectivity index (χ0v) is 16.2. The molecule has 2 unspecified atom stereocenters. The van der Waals surface area contributed by atoms with Crippen molar-refractivity contribution in [3.05, 3.63) is 58.8 Å². The number of nitrogens with zero attached hydrogens (tertiary/aromatic N) is 1. The van der Waals surface area contributed by atoms with Crippen LogP contribution >= 0.6 is 0 Å². The molecule has 0 aromatic carbocycles. The molecule has 0 aromatic heterocycles. The van der Waals surface area contributed by atoms with Crippen molar-refractivity contribution in [1.82, 2.24) is 9.62 Å². The van der Waals surface area contributed by atoms with Crippen LogP contribution in [0.2, 0.25) is 0 Å². The van der Waals surface area contributed by atoms with Crippen molar-refractivity contribution in [1.29, 1.82) is 0 Å². The van der Waals surface area contributed by atoms with Crippen LogP contribution < -0.4 is 4.72 Å². The molecular weight excluding hydrogens is 389 g/mol. The minimum absolute atomic E-state index is 0.00336. The first-order valence-electron chi connectivity index (χ1n) is 9.29. The van der Waals surface area contributed by atoms with E-state index in [0.717, 1.165) is 31.6 Å². The Labute approximate surface area is 165 Å². The smallest absolute Gasteiger partial charge is 0.371 e. The molecule has 4 nitrogen and oxygen atoms in total. The highest BCUT2D eigenvalue weighted by Gasteiger charge is 2.38. The van der Waals surface area contributed by atoms with Gasteiger partial charge in [0.2, 0.25) is 0 Å². The third-order valence-electron chi connectivity index (χ3n) is 5.10. The number of likely N-dealkylation sites (tertiary alicyclic amines) is 1. The summed E-state index contributed by atoms with van der Waals surface area (Å²) < 4.78 is 51.9. The molecule has 1 N–H and O–H groups in total. The SMILES string of the molecule is O=C(CCC=C1CCN(C2=CCC(C(F)(F)F)C=C2)CC1)C1=CNS(=O)C=C1. The monoisotopic (exact) mass is 412 g/mol. The highest BCUT2D eigenvalue weighted by atomic mass is 32.2. The average molecular weight is 412 g/mol. The Hall–Kier alpha value is -2.09. The third-order valence-corrected chi connectivity index (χ3v) is 5.83. The number of nitrogens with one attached hydrogen (secondary N) is 1. The van der Waals surface area contributed by atoms with Crippen LogP contribution in [0.5, 0.6) is 0 Å². The van der Waals surface area contributed by atoms with Crippen LogP contribution in [0.25, 0.3) is 0 Å². The van der Waals surface area contributed by atoms with Gasteiger partial charge in [-0.05, 0) is 37.8 Å². The fourth-order valence-corrected chi connectivity index (χ4v) is 4.00. The molecule has 1 saturated heterocycles. The fourth-order valence-electron chi connectivity index (χ4n) is 3.41. The summed E-state index contributed by atoms with van der Waals surface area (Å²) in [5.74, 6) is -1.37. The third kappa shape index (κ3) is 5.47. The van der Waals surface area contributed by atoms with Crippen molar-refractivity contribution in [3.8, 4) is 0 Å². The molecule has 1 aliphatic carbocycles. The van der Waals surface area contributed by atoms with E-state index >= 15 is 0 Å². The summed E-state index contributed by atoms with van der Waals surface area (Å²) in [6.07, 6.45) is 8.25. The van der Waals surface area contributed by atoms with Gasteiger partial charge in [-0.2, -0.15) is 13.2 Å². The van der Waals surface area contributed by atoms with Gasteiger partial charge < -0.3 is 9.62 Å². The minimum Gasteiger partial charge on any atom is -0.371 e. The number of hydrogen-bond donors (Lipinski definition) is 1. The van der Waals surface area contributed by atoms with Gasteiger partial charge in [0.25, 0.3) is 0 Å². The Morgan fingerprint density at radius 1 is 1.29 bits per heavy atom. The molecule has 152 valence electrons. The first-order valence-corrected chi connectivity index (χ1v) is 10.5. The molecule has 28 heavy (non-hydrogen) atoms. The number of allylic oxidation sites excluding steroid dienone is 6. The van der Waals surface area contributed by atoms with Gasteiger partial charge >= 0.3 is 6.18 Å². The second kappa shape index (κ2) is 8.94. The van der Waals surface area contributed by atoms with Gasteiger partial charge in [0.15, 0.2) is 5.78 Å². The molecule has 0 saturated carbocycles. The Morgan fingerprint density at radius 3 is 2.61 bits per heavy atom. The number of hydrogen-bond acceptors (Lipinski definition) is 3. The molecule has 0 amide bonds. The second-order valence-electron chi connectivity index (χ2n) is 7.00. The number of ketones is 1. The lowest BCUT2D eigenvalue weighted by molar-refractivity contribution is -0.160. The fraction of sp³-hybridized carbons (Fsp3) is 0.450. The average Bonchev–Trinajstić information content (AvgIpc) is 2.68. The summed E-state index contributed by atoms with van der Waals surface area (Å²) in [7, 11) is -1.24. The van der Waals surface area contributed by atoms with Gasteiger partial charge in [-0.25, -0.2) is 4.21 Å². The lowest BCUT2D eigenvalue weighted by Gasteiger charge is -2.33. The largest absolute Gasteiger partial charge is 0.395 e. The van der Waals surface area contributed by atoms with Crippen LogP contribution in [0.4, 0.5) is 13.2 Å². The van der Waals surface area contributed by atoms with Crippen molar-refractivity contribution >= 4 is 16.8 Å². The number of alkyl halides is 3. The van der Waals surface area contributed by atoms with Crippen LogP contribution in [0.15, 0.2) is 58.8 Å². The molecular formula is C20H23F3N2O2S. The summed E-state index contributed by atoms with van der Waals surface area (Å²) in [6, 6.07) is 0. The first-order chi connectivity index (χ1) is 13.3. The Balaban J connectivity index is 1.42. The number of Topliss-reactive ketones (excluding diaryl/α,β-unsaturated/α-hetero) is 1. The first kappa shape index (κ1) is 20.6. The lowest BCUT2D eigenvalue weighted by Crippen LogP contribution is -2.31. The molecule has 0 bridgehead atoms. The quantitative estimate of drug-likeness (QED) is 0.694. The van der Waals surface area contributed by atoms with Gasteiger partial charge in [0.05, 0.1) is 5.92 Å². The molecule has 3 aliphatic rings. The second-order valence-corrected chi connectivity index (χ2v) is 8.10. The minimum atomic E-state index is -4.18. The molecule has 2 atom stereocenters. The van der Waals surface area contributed by atoms with Gasteiger partial charge in [-0.15, -0.1) is 0 Å². The summed E-state index contributed by atoms with van der Waals surface area (Å²) in [5, 5.41) is 1.45. The predicted octanol–water partition coefficient (Wildman–Crippen LogP) is 4.04. The zero-order chi connectivity index (χ0) is 20.1. The van der Waals surface area contributed by atoms with Gasteiger partial charge in [-0.3, -0.25) is 4.79 Å². The lowest BCUT2D eigenvalue weighted by atomic mass is 9.96. The zero-order valence-electron chi connectivity index (χ0n) is 15.4. The van der Waals surface area contributed by atoms with E-state index in [1.165, 1.54) is 23.3 Å². The van der Waals surface area contributed by atoms with Crippen molar-refractivity contribution < 1.29 is 22.2 Å². The standard InChI is InChI=1S/C20H23F3N2O2S/c21-20(22,23)17-4-6-18(7-5-17)25-11-8-15(9-12-25)2-1-3-19(26)16-10-13-28(27)24-14-16/h2,4,6-7,10,13-14,17,24H,1,3,5,8-9,11-12H2. The van der Waals surface area contributed by atoms with E-state index in [2.05, 4.69) is 15.7 Å². The van der Waals surface area contributed by atoms with E-state index in [4.69, 9.17) is 0 Å². The molecule has 3 rings (SSSR count). The number of carbonyl (C=O) groups is 1. The van der Waals surface area contributed by atoms with Crippen LogP contribution in [0.1, 0.15) is 32.1 Å². The van der Waals surface area contributed by atoms with Gasteiger partial charge in [-0.1, -0.05) is 23.8 Å². The van der Waals surface area contributed by atoms with Crippen LogP contribution in [0, 0.1) is 5.92 Å². The van der Waals surface area contributed by atoms with Crippen LogP contribution in [0.3, 0.4) is 0 Å². The van der Waals surface area contributed by atoms with E-state index in [1.54, 1.807) is 18.2 Å². The molecule has 2 aliphatic heterocycles. The summed E-state index contributed by atoms with van der Waals surface area (Å²) in [4.78, 5) is 14.2. The normalized spacial score (nSPS) is 25.1. The molecule has 2 heterocycles. The maximum Gasteiger partial charge on any atom is 0.395 e. The maximum atomic E-state index is 12.7. The molecule has 1 fully saturated rings. The number of carbonyl (C=O) groups excluding carboxylic acids is 1. The number of piperidine rings is 1. The van der Waals surface area contributed by atoms with Crippen molar-refractivity contribution in [2.75, 3.05) is 13.1 Å². The predicted molar refractivity (Wildman–Crippen MR) is 103 cm³/mol. The van der Waals surface area contributed by atoms with E-state index in [9.17, 15) is 22.2 Å². The molecule has 0 radical (unpaired) electrons. The highest BCUT2D eigenvalue weighted by Crippen LogP contribution is 2.34. The summed E-state index contributed by atoms with van der Waals surface area (Å²) >= 11 is 0. The summed E-state index contributed by atoms with van der Waals surface area (Å²) in [5.41, 5.74) is 2.68. The van der Waals surface area contributed by atoms with E-state index in [0.29, 0.717) is 18.4 Å². The molecule has 0 aromatic rings. The maximum absolute atomic E-state index is 12.7. The summed E-state index contributed by atoms with van der Waals surface area (Å²) in [6.45, 7) is 1.55. The Bertz CT molecular complexity index is 784. The van der Waals surface area contributed by atoms with Crippen molar-refractivity contribution in [3.63, 3.8) is 0 Å². The van der Waals surface area contributed by atoms with E-state index in [-0.39, 0.29) is 12.2 Å². The van der Waals surface area contributed by atoms with E-state index in [1.807, 2.05) is 0 Å². The van der Waals surface area contributed by atoms with Crippen LogP contribution in [-0.4, -0.2) is 34.2 Å². The Morgan fingerprint density at radius 2 is 2.04 bits per heavy atom. The number of rotatable bonds is 5. The number of halogens is 3. The highest BCUT2D eigenvalue weighted by molar-refractivity contribution is 7.86. The van der Waals surface area contributed by atoms with E-state index < -0.39 is 23.1 Å². The Kier molecular flexibility index (Phi) is 6.59. The topological polar surface area (TPSA) is 49.4 Å². The van der Waals surface area contributed by atoms with Crippen LogP contribution in [-0.2, 0) is 15.8 Å². The van der Waals surface area contributed by atoms with Crippen molar-refractivity contribution in [2.24, 2.45) is 5.92 Å².